The topological polar surface area (TPSA) is 60.9 Å². The van der Waals surface area contributed by atoms with Crippen molar-refractivity contribution in [2.24, 2.45) is 0 Å². The molecule has 1 aliphatic rings. The molecule has 2 aromatic carbocycles. The number of carbonyl (C=O) groups excluding carboxylic acids is 2. The van der Waals surface area contributed by atoms with E-state index >= 15 is 0 Å². The molecule has 0 bridgehead atoms. The van der Waals surface area contributed by atoms with Crippen LogP contribution < -0.4 is 0 Å². The molecule has 5 nitrogen and oxygen atoms in total. The van der Waals surface area contributed by atoms with Gasteiger partial charge in [0.1, 0.15) is 5.76 Å². The number of hydrogen-bond acceptors (Lipinski definition) is 4. The molecular weight excluding hydrogens is 519 g/mol. The summed E-state index contributed by atoms with van der Waals surface area (Å²) in [6.45, 7) is 7.56. The number of aliphatic hydroxyl groups is 1. The number of Topliss-reactive ketones (excluding diaryl/α,β-unsaturated/α-hetero) is 1. The number of ketones is 1. The second-order valence-electron chi connectivity index (χ2n) is 9.07. The van der Waals surface area contributed by atoms with E-state index < -0.39 is 17.7 Å². The zero-order chi connectivity index (χ0) is 26.2. The van der Waals surface area contributed by atoms with Crippen molar-refractivity contribution in [3.63, 3.8) is 0 Å². The first-order valence-corrected chi connectivity index (χ1v) is 13.6. The summed E-state index contributed by atoms with van der Waals surface area (Å²) in [7, 11) is 0. The van der Waals surface area contributed by atoms with Crippen LogP contribution in [0.25, 0.3) is 5.76 Å². The molecule has 1 saturated heterocycles. The number of amides is 1. The highest BCUT2D eigenvalue weighted by molar-refractivity contribution is 6.47. The van der Waals surface area contributed by atoms with E-state index in [0.717, 1.165) is 45.3 Å². The summed E-state index contributed by atoms with van der Waals surface area (Å²) < 4.78 is 0. The Labute approximate surface area is 228 Å². The first-order valence-electron chi connectivity index (χ1n) is 12.5. The molecular formula is C28H33Cl3N2O3. The van der Waals surface area contributed by atoms with Crippen molar-refractivity contribution in [2.75, 3.05) is 26.2 Å². The molecule has 1 atom stereocenters. The van der Waals surface area contributed by atoms with Crippen LogP contribution in [0.1, 0.15) is 63.1 Å². The fourth-order valence-electron chi connectivity index (χ4n) is 4.48. The van der Waals surface area contributed by atoms with Gasteiger partial charge in [-0.3, -0.25) is 9.59 Å². The average Bonchev–Trinajstić information content (AvgIpc) is 3.10. The number of aliphatic hydroxyl groups excluding tert-OH is 1. The minimum absolute atomic E-state index is 0.0142. The van der Waals surface area contributed by atoms with Gasteiger partial charge in [0, 0.05) is 27.2 Å². The molecule has 1 fully saturated rings. The Kier molecular flexibility index (Phi) is 10.7. The highest BCUT2D eigenvalue weighted by Gasteiger charge is 2.46. The molecule has 36 heavy (non-hydrogen) atoms. The second-order valence-corrected chi connectivity index (χ2v) is 10.3. The molecule has 0 spiro atoms. The molecule has 0 radical (unpaired) electrons. The number of unbranched alkanes of at least 4 members (excludes halogenated alkanes) is 2. The maximum Gasteiger partial charge on any atom is 0.295 e. The Bertz CT molecular complexity index is 1090. The van der Waals surface area contributed by atoms with Gasteiger partial charge in [-0.2, -0.15) is 0 Å². The molecule has 2 aromatic rings. The van der Waals surface area contributed by atoms with Gasteiger partial charge in [-0.05, 0) is 80.9 Å². The lowest BCUT2D eigenvalue weighted by Crippen LogP contribution is -2.34. The normalized spacial score (nSPS) is 17.4. The van der Waals surface area contributed by atoms with Crippen LogP contribution >= 0.6 is 34.8 Å². The molecule has 1 aliphatic heterocycles. The van der Waals surface area contributed by atoms with Crippen LogP contribution in [0.15, 0.2) is 48.0 Å². The monoisotopic (exact) mass is 550 g/mol. The number of benzene rings is 2. The standard InChI is InChI=1S/C28H33Cl3N2O3/c1-3-5-14-32(15-6-4-2)16-7-17-33-25(22-13-12-21(30)18-23(22)31)24(27(35)28(33)36)26(34)19-8-10-20(29)11-9-19/h8-13,18,25,34H,3-7,14-17H2,1-2H3/t25-/m1/s1. The van der Waals surface area contributed by atoms with Gasteiger partial charge in [-0.15, -0.1) is 0 Å². The molecule has 8 heteroatoms. The van der Waals surface area contributed by atoms with Crippen LogP contribution in [0.3, 0.4) is 0 Å². The lowest BCUT2D eigenvalue weighted by Gasteiger charge is -2.28. The summed E-state index contributed by atoms with van der Waals surface area (Å²) in [6.07, 6.45) is 5.18. The Balaban J connectivity index is 1.95. The van der Waals surface area contributed by atoms with E-state index in [-0.39, 0.29) is 11.3 Å². The van der Waals surface area contributed by atoms with E-state index in [2.05, 4.69) is 18.7 Å². The molecule has 1 N–H and O–H groups in total. The summed E-state index contributed by atoms with van der Waals surface area (Å²) in [6, 6.07) is 10.6. The summed E-state index contributed by atoms with van der Waals surface area (Å²) >= 11 is 18.7. The number of nitrogens with zero attached hydrogens (tertiary/aromatic N) is 2. The van der Waals surface area contributed by atoms with E-state index in [0.29, 0.717) is 39.2 Å². The summed E-state index contributed by atoms with van der Waals surface area (Å²) in [5.74, 6) is -1.63. The maximum absolute atomic E-state index is 13.2. The van der Waals surface area contributed by atoms with Crippen molar-refractivity contribution in [3.05, 3.63) is 74.2 Å². The second kappa shape index (κ2) is 13.5. The van der Waals surface area contributed by atoms with Gasteiger partial charge in [-0.1, -0.05) is 67.6 Å². The van der Waals surface area contributed by atoms with Gasteiger partial charge >= 0.3 is 0 Å². The van der Waals surface area contributed by atoms with Gasteiger partial charge in [0.25, 0.3) is 11.7 Å². The van der Waals surface area contributed by atoms with Crippen molar-refractivity contribution in [3.8, 4) is 0 Å². The minimum atomic E-state index is -0.815. The van der Waals surface area contributed by atoms with Crippen molar-refractivity contribution >= 4 is 52.3 Å². The first kappa shape index (κ1) is 28.5. The minimum Gasteiger partial charge on any atom is -0.507 e. The van der Waals surface area contributed by atoms with E-state index in [1.165, 1.54) is 4.90 Å². The molecule has 1 heterocycles. The summed E-state index contributed by atoms with van der Waals surface area (Å²) in [5.41, 5.74) is 0.961. The Morgan fingerprint density at radius 3 is 2.06 bits per heavy atom. The van der Waals surface area contributed by atoms with Crippen LogP contribution in [-0.4, -0.2) is 52.8 Å². The predicted octanol–water partition coefficient (Wildman–Crippen LogP) is 7.36. The van der Waals surface area contributed by atoms with E-state index in [1.54, 1.807) is 42.5 Å². The quantitative estimate of drug-likeness (QED) is 0.170. The third-order valence-corrected chi connectivity index (χ3v) is 7.26. The molecule has 1 amide bonds. The third kappa shape index (κ3) is 6.83. The van der Waals surface area contributed by atoms with Crippen LogP contribution in [0.5, 0.6) is 0 Å². The lowest BCUT2D eigenvalue weighted by atomic mass is 9.95. The Morgan fingerprint density at radius 2 is 1.47 bits per heavy atom. The van der Waals surface area contributed by atoms with Gasteiger partial charge in [0.05, 0.1) is 11.6 Å². The van der Waals surface area contributed by atoms with Crippen molar-refractivity contribution in [2.45, 2.75) is 52.0 Å². The van der Waals surface area contributed by atoms with E-state index in [9.17, 15) is 14.7 Å². The molecule has 0 aromatic heterocycles. The van der Waals surface area contributed by atoms with Gasteiger partial charge in [0.15, 0.2) is 0 Å². The van der Waals surface area contributed by atoms with Gasteiger partial charge < -0.3 is 14.9 Å². The molecule has 0 aliphatic carbocycles. The summed E-state index contributed by atoms with van der Waals surface area (Å²) in [4.78, 5) is 30.4. The third-order valence-electron chi connectivity index (χ3n) is 6.44. The smallest absolute Gasteiger partial charge is 0.295 e. The molecule has 0 saturated carbocycles. The van der Waals surface area contributed by atoms with Gasteiger partial charge in [-0.25, -0.2) is 0 Å². The number of halogens is 3. The summed E-state index contributed by atoms with van der Waals surface area (Å²) in [5, 5.41) is 12.4. The van der Waals surface area contributed by atoms with Crippen LogP contribution in [0.2, 0.25) is 15.1 Å². The molecule has 3 rings (SSSR count). The van der Waals surface area contributed by atoms with Crippen LogP contribution in [0, 0.1) is 0 Å². The van der Waals surface area contributed by atoms with Crippen molar-refractivity contribution in [1.82, 2.24) is 9.80 Å². The zero-order valence-electron chi connectivity index (χ0n) is 20.8. The van der Waals surface area contributed by atoms with E-state index in [4.69, 9.17) is 34.8 Å². The number of hydrogen-bond donors (Lipinski definition) is 1. The number of carbonyl (C=O) groups is 2. The number of rotatable bonds is 12. The van der Waals surface area contributed by atoms with Crippen molar-refractivity contribution in [1.29, 1.82) is 0 Å². The highest BCUT2D eigenvalue weighted by Crippen LogP contribution is 2.42. The first-order chi connectivity index (χ1) is 17.3. The lowest BCUT2D eigenvalue weighted by molar-refractivity contribution is -0.140. The largest absolute Gasteiger partial charge is 0.507 e. The average molecular weight is 552 g/mol. The molecule has 194 valence electrons. The van der Waals surface area contributed by atoms with Gasteiger partial charge in [0.2, 0.25) is 0 Å². The van der Waals surface area contributed by atoms with Crippen LogP contribution in [-0.2, 0) is 9.59 Å². The maximum atomic E-state index is 13.2. The Hall–Kier alpha value is -2.05. The molecule has 0 unspecified atom stereocenters. The number of likely N-dealkylation sites (tertiary alicyclic amines) is 1. The fraction of sp³-hybridized carbons (Fsp3) is 0.429. The van der Waals surface area contributed by atoms with E-state index in [1.807, 2.05) is 0 Å². The fourth-order valence-corrected chi connectivity index (χ4v) is 5.12. The Morgan fingerprint density at radius 1 is 0.889 bits per heavy atom. The predicted molar refractivity (Wildman–Crippen MR) is 148 cm³/mol. The van der Waals surface area contributed by atoms with Crippen molar-refractivity contribution < 1.29 is 14.7 Å². The van der Waals surface area contributed by atoms with Crippen LogP contribution in [0.4, 0.5) is 0 Å². The zero-order valence-corrected chi connectivity index (χ0v) is 23.0. The SMILES string of the molecule is CCCCN(CCCC)CCCN1C(=O)C(=O)C(=C(O)c2ccc(Cl)cc2)[C@H]1c1ccc(Cl)cc1Cl. The highest BCUT2D eigenvalue weighted by atomic mass is 35.5.